The highest BCUT2D eigenvalue weighted by molar-refractivity contribution is 7.15. The molecule has 0 unspecified atom stereocenters. The number of hydrogen-bond donors (Lipinski definition) is 1. The Labute approximate surface area is 101 Å². The first-order chi connectivity index (χ1) is 7.88. The molecule has 0 saturated carbocycles. The minimum atomic E-state index is -4.52. The monoisotopic (exact) mass is 281 g/mol. The molecule has 0 radical (unpaired) electrons. The van der Waals surface area contributed by atoms with Gasteiger partial charge in [-0.25, -0.2) is 10.1 Å². The Kier molecular flexibility index (Phi) is 2.92. The molecule has 9 heteroatoms. The van der Waals surface area contributed by atoms with Gasteiger partial charge < -0.3 is 0 Å². The van der Waals surface area contributed by atoms with E-state index in [2.05, 4.69) is 15.2 Å². The van der Waals surface area contributed by atoms with Gasteiger partial charge in [-0.15, -0.1) is 11.3 Å². The molecule has 0 fully saturated rings. The van der Waals surface area contributed by atoms with Crippen molar-refractivity contribution in [3.05, 3.63) is 32.8 Å². The topological polar surface area (TPSA) is 58.6 Å². The summed E-state index contributed by atoms with van der Waals surface area (Å²) < 4.78 is 37.0. The number of thiazole rings is 1. The Balaban J connectivity index is 2.51. The van der Waals surface area contributed by atoms with Crippen molar-refractivity contribution in [1.29, 1.82) is 0 Å². The summed E-state index contributed by atoms with van der Waals surface area (Å²) in [5.74, 6) is 0. The van der Waals surface area contributed by atoms with Gasteiger partial charge in [-0.05, 0) is 6.07 Å². The summed E-state index contributed by atoms with van der Waals surface area (Å²) in [5.41, 5.74) is -0.607. The van der Waals surface area contributed by atoms with Gasteiger partial charge in [-0.2, -0.15) is 18.3 Å². The van der Waals surface area contributed by atoms with Gasteiger partial charge in [0.2, 0.25) is 0 Å². The van der Waals surface area contributed by atoms with Crippen LogP contribution in [0, 0.1) is 0 Å². The Hall–Kier alpha value is -1.41. The van der Waals surface area contributed by atoms with Crippen LogP contribution in [-0.2, 0) is 6.18 Å². The number of halogens is 4. The molecular weight excluding hydrogens is 279 g/mol. The van der Waals surface area contributed by atoms with Crippen molar-refractivity contribution in [2.45, 2.75) is 6.18 Å². The summed E-state index contributed by atoms with van der Waals surface area (Å²) in [7, 11) is 0. The second kappa shape index (κ2) is 4.11. The molecule has 90 valence electrons. The van der Waals surface area contributed by atoms with Crippen LogP contribution in [0.5, 0.6) is 0 Å². The first kappa shape index (κ1) is 12.1. The number of aromatic nitrogens is 3. The average molecular weight is 282 g/mol. The van der Waals surface area contributed by atoms with E-state index < -0.39 is 16.7 Å². The maximum absolute atomic E-state index is 12.3. The molecular formula is C8H3ClF3N3OS. The Bertz CT molecular complexity index is 607. The smallest absolute Gasteiger partial charge is 0.267 e. The Morgan fingerprint density at radius 3 is 2.71 bits per heavy atom. The van der Waals surface area contributed by atoms with Gasteiger partial charge in [0.25, 0.3) is 5.56 Å². The van der Waals surface area contributed by atoms with Crippen molar-refractivity contribution >= 4 is 22.9 Å². The molecule has 0 amide bonds. The van der Waals surface area contributed by atoms with Crippen LogP contribution in [0.25, 0.3) is 10.4 Å². The van der Waals surface area contributed by atoms with E-state index >= 15 is 0 Å². The second-order valence-electron chi connectivity index (χ2n) is 2.96. The van der Waals surface area contributed by atoms with E-state index in [-0.39, 0.29) is 15.6 Å². The van der Waals surface area contributed by atoms with E-state index in [9.17, 15) is 18.0 Å². The van der Waals surface area contributed by atoms with Gasteiger partial charge in [-0.1, -0.05) is 11.6 Å². The van der Waals surface area contributed by atoms with Crippen molar-refractivity contribution < 1.29 is 13.2 Å². The lowest BCUT2D eigenvalue weighted by atomic mass is 10.3. The van der Waals surface area contributed by atoms with Gasteiger partial charge in [-0.3, -0.25) is 4.79 Å². The normalized spacial score (nSPS) is 11.8. The number of nitrogens with zero attached hydrogens (tertiary/aromatic N) is 2. The summed E-state index contributed by atoms with van der Waals surface area (Å²) in [5, 5.41) is 4.46. The third-order valence-electron chi connectivity index (χ3n) is 1.79. The molecule has 0 aliphatic carbocycles. The van der Waals surface area contributed by atoms with Crippen LogP contribution in [0.15, 0.2) is 17.1 Å². The predicted molar refractivity (Wildman–Crippen MR) is 56.0 cm³/mol. The molecule has 4 nitrogen and oxygen atoms in total. The molecule has 0 bridgehead atoms. The zero-order valence-electron chi connectivity index (χ0n) is 7.88. The number of hydrogen-bond acceptors (Lipinski definition) is 4. The molecule has 0 saturated heterocycles. The van der Waals surface area contributed by atoms with Gasteiger partial charge >= 0.3 is 6.18 Å². The van der Waals surface area contributed by atoms with Gasteiger partial charge in [0.1, 0.15) is 5.15 Å². The van der Waals surface area contributed by atoms with Crippen molar-refractivity contribution in [3.8, 4) is 10.4 Å². The van der Waals surface area contributed by atoms with Crippen LogP contribution < -0.4 is 5.56 Å². The maximum Gasteiger partial charge on any atom is 0.443 e. The highest BCUT2D eigenvalue weighted by Gasteiger charge is 2.34. The largest absolute Gasteiger partial charge is 0.443 e. The molecule has 2 aromatic rings. The number of rotatable bonds is 1. The van der Waals surface area contributed by atoms with Gasteiger partial charge in [0.05, 0.1) is 10.4 Å². The lowest BCUT2D eigenvalue weighted by molar-refractivity contribution is -0.137. The summed E-state index contributed by atoms with van der Waals surface area (Å²) in [6.45, 7) is 0. The minimum Gasteiger partial charge on any atom is -0.267 e. The summed E-state index contributed by atoms with van der Waals surface area (Å²) in [6, 6.07) is 1.19. The molecule has 0 atom stereocenters. The summed E-state index contributed by atoms with van der Waals surface area (Å²) in [4.78, 5) is 14.6. The van der Waals surface area contributed by atoms with Crippen LogP contribution in [0.3, 0.4) is 0 Å². The number of nitrogens with one attached hydrogen (secondary N) is 1. The maximum atomic E-state index is 12.3. The fourth-order valence-corrected chi connectivity index (χ4v) is 2.04. The SMILES string of the molecule is O=c1[nH]nc(Cl)cc1-c1cnc(C(F)(F)F)s1. The molecule has 0 spiro atoms. The van der Waals surface area contributed by atoms with E-state index in [4.69, 9.17) is 11.6 Å². The van der Waals surface area contributed by atoms with Crippen LogP contribution in [0.2, 0.25) is 5.15 Å². The first-order valence-electron chi connectivity index (χ1n) is 4.16. The van der Waals surface area contributed by atoms with Crippen molar-refractivity contribution in [2.75, 3.05) is 0 Å². The fourth-order valence-electron chi connectivity index (χ4n) is 1.09. The number of H-pyrrole nitrogens is 1. The minimum absolute atomic E-state index is 0.0120. The fraction of sp³-hybridized carbons (Fsp3) is 0.125. The molecule has 17 heavy (non-hydrogen) atoms. The van der Waals surface area contributed by atoms with E-state index in [0.29, 0.717) is 11.3 Å². The van der Waals surface area contributed by atoms with Crippen molar-refractivity contribution in [1.82, 2.24) is 15.2 Å². The zero-order valence-corrected chi connectivity index (χ0v) is 9.45. The molecule has 0 aromatic carbocycles. The predicted octanol–water partition coefficient (Wildman–Crippen LogP) is 2.57. The molecule has 0 aliphatic rings. The van der Waals surface area contributed by atoms with Crippen molar-refractivity contribution in [2.24, 2.45) is 0 Å². The highest BCUT2D eigenvalue weighted by Crippen LogP contribution is 2.35. The average Bonchev–Trinajstić information content (AvgIpc) is 2.70. The van der Waals surface area contributed by atoms with Crippen molar-refractivity contribution in [3.63, 3.8) is 0 Å². The summed E-state index contributed by atoms with van der Waals surface area (Å²) in [6.07, 6.45) is -3.54. The standard InChI is InChI=1S/C8H3ClF3N3OS/c9-5-1-3(6(16)15-14-5)4-2-13-7(17-4)8(10,11)12/h1-2H,(H,15,16). The zero-order chi connectivity index (χ0) is 12.6. The Morgan fingerprint density at radius 2 is 2.12 bits per heavy atom. The molecule has 1 N–H and O–H groups in total. The quantitative estimate of drug-likeness (QED) is 0.874. The molecule has 2 heterocycles. The van der Waals surface area contributed by atoms with Crippen LogP contribution in [0.1, 0.15) is 5.01 Å². The van der Waals surface area contributed by atoms with Crippen LogP contribution in [0.4, 0.5) is 13.2 Å². The molecule has 2 aromatic heterocycles. The summed E-state index contributed by atoms with van der Waals surface area (Å²) >= 11 is 5.92. The van der Waals surface area contributed by atoms with Gasteiger partial charge in [0.15, 0.2) is 5.01 Å². The first-order valence-corrected chi connectivity index (χ1v) is 5.36. The highest BCUT2D eigenvalue weighted by atomic mass is 35.5. The van der Waals surface area contributed by atoms with Gasteiger partial charge in [0, 0.05) is 6.20 Å². The van der Waals surface area contributed by atoms with E-state index in [1.807, 2.05) is 0 Å². The van der Waals surface area contributed by atoms with E-state index in [1.54, 1.807) is 0 Å². The molecule has 0 aliphatic heterocycles. The third kappa shape index (κ3) is 2.47. The molecule has 2 rings (SSSR count). The van der Waals surface area contributed by atoms with Crippen LogP contribution in [-0.4, -0.2) is 15.2 Å². The lowest BCUT2D eigenvalue weighted by Crippen LogP contribution is -2.09. The Morgan fingerprint density at radius 1 is 1.41 bits per heavy atom. The van der Waals surface area contributed by atoms with E-state index in [1.165, 1.54) is 6.07 Å². The van der Waals surface area contributed by atoms with Crippen LogP contribution >= 0.6 is 22.9 Å². The number of aromatic amines is 1. The van der Waals surface area contributed by atoms with E-state index in [0.717, 1.165) is 6.20 Å². The second-order valence-corrected chi connectivity index (χ2v) is 4.38. The lowest BCUT2D eigenvalue weighted by Gasteiger charge is -1.99. The third-order valence-corrected chi connectivity index (χ3v) is 3.06. The number of alkyl halides is 3.